The fraction of sp³-hybridized carbons (Fsp3) is 0.154. The van der Waals surface area contributed by atoms with E-state index in [-0.39, 0.29) is 17.4 Å². The first-order valence-corrected chi connectivity index (χ1v) is 6.09. The van der Waals surface area contributed by atoms with Gasteiger partial charge in [-0.25, -0.2) is 9.37 Å². The number of benzene rings is 1. The molecule has 0 atom stereocenters. The molecule has 0 saturated carbocycles. The van der Waals surface area contributed by atoms with Crippen LogP contribution in [-0.2, 0) is 12.7 Å². The van der Waals surface area contributed by atoms with Crippen molar-refractivity contribution in [3.8, 4) is 5.75 Å². The molecule has 0 saturated heterocycles. The topological polar surface area (TPSA) is 45.1 Å². The predicted molar refractivity (Wildman–Crippen MR) is 69.6 cm³/mol. The van der Waals surface area contributed by atoms with Crippen molar-refractivity contribution in [3.63, 3.8) is 0 Å². The van der Waals surface area contributed by atoms with Gasteiger partial charge in [0.2, 0.25) is 0 Å². The number of halogens is 5. The van der Waals surface area contributed by atoms with E-state index in [1.165, 1.54) is 12.1 Å². The normalized spacial score (nSPS) is 11.5. The van der Waals surface area contributed by atoms with Crippen LogP contribution in [0.4, 0.5) is 23.4 Å². The Kier molecular flexibility index (Phi) is 4.22. The molecule has 0 spiro atoms. The Morgan fingerprint density at radius 1 is 1.24 bits per heavy atom. The lowest BCUT2D eigenvalue weighted by Crippen LogP contribution is -2.08. The number of aromatic nitrogens is 1. The molecule has 0 unspecified atom stereocenters. The van der Waals surface area contributed by atoms with Crippen molar-refractivity contribution in [3.05, 3.63) is 52.4 Å². The Morgan fingerprint density at radius 3 is 2.52 bits per heavy atom. The molecule has 1 aromatic carbocycles. The molecule has 1 aromatic heterocycles. The van der Waals surface area contributed by atoms with Crippen LogP contribution < -0.4 is 5.32 Å². The van der Waals surface area contributed by atoms with Crippen LogP contribution in [0.1, 0.15) is 11.1 Å². The number of anilines is 1. The van der Waals surface area contributed by atoms with E-state index in [2.05, 4.69) is 10.3 Å². The first-order valence-electron chi connectivity index (χ1n) is 5.71. The maximum atomic E-state index is 13.1. The number of aromatic hydroxyl groups is 1. The summed E-state index contributed by atoms with van der Waals surface area (Å²) in [6, 6.07) is 4.49. The van der Waals surface area contributed by atoms with Crippen LogP contribution in [0.3, 0.4) is 0 Å². The van der Waals surface area contributed by atoms with Crippen molar-refractivity contribution in [1.29, 1.82) is 0 Å². The van der Waals surface area contributed by atoms with E-state index < -0.39 is 23.3 Å². The smallest absolute Gasteiger partial charge is 0.417 e. The van der Waals surface area contributed by atoms with Gasteiger partial charge in [0.25, 0.3) is 0 Å². The molecule has 2 aromatic rings. The van der Waals surface area contributed by atoms with Crippen LogP contribution in [0.2, 0.25) is 5.02 Å². The molecule has 0 aliphatic rings. The average Bonchev–Trinajstić information content (AvgIpc) is 2.40. The Hall–Kier alpha value is -2.02. The summed E-state index contributed by atoms with van der Waals surface area (Å²) in [4.78, 5) is 3.59. The maximum Gasteiger partial charge on any atom is 0.417 e. The molecular weight excluding hydrogens is 312 g/mol. The molecule has 21 heavy (non-hydrogen) atoms. The lowest BCUT2D eigenvalue weighted by atomic mass is 10.2. The van der Waals surface area contributed by atoms with Gasteiger partial charge >= 0.3 is 6.18 Å². The van der Waals surface area contributed by atoms with Crippen LogP contribution in [0, 0.1) is 5.82 Å². The summed E-state index contributed by atoms with van der Waals surface area (Å²) in [5.41, 5.74) is -0.475. The minimum atomic E-state index is -4.52. The minimum Gasteiger partial charge on any atom is -0.505 e. The zero-order chi connectivity index (χ0) is 15.6. The molecule has 0 radical (unpaired) electrons. The quantitative estimate of drug-likeness (QED) is 0.833. The first-order chi connectivity index (χ1) is 9.77. The molecule has 0 aliphatic carbocycles. The Bertz CT molecular complexity index is 661. The molecule has 2 rings (SSSR count). The predicted octanol–water partition coefficient (Wildman–Crippen LogP) is 4.21. The number of phenols is 1. The highest BCUT2D eigenvalue weighted by atomic mass is 35.5. The third kappa shape index (κ3) is 3.75. The van der Waals surface area contributed by atoms with Gasteiger partial charge in [-0.3, -0.25) is 0 Å². The third-order valence-electron chi connectivity index (χ3n) is 2.64. The zero-order valence-corrected chi connectivity index (χ0v) is 11.1. The van der Waals surface area contributed by atoms with Crippen molar-refractivity contribution in [2.24, 2.45) is 0 Å². The number of nitrogens with zero attached hydrogens (tertiary/aromatic N) is 1. The van der Waals surface area contributed by atoms with Crippen LogP contribution in [0.5, 0.6) is 5.75 Å². The number of pyridine rings is 1. The molecule has 2 N–H and O–H groups in total. The van der Waals surface area contributed by atoms with Gasteiger partial charge in [-0.2, -0.15) is 13.2 Å². The van der Waals surface area contributed by atoms with Crippen molar-refractivity contribution in [2.45, 2.75) is 12.7 Å². The van der Waals surface area contributed by atoms with Gasteiger partial charge in [0.1, 0.15) is 5.82 Å². The summed E-state index contributed by atoms with van der Waals surface area (Å²) < 4.78 is 50.5. The first kappa shape index (κ1) is 15.4. The molecule has 0 fully saturated rings. The zero-order valence-electron chi connectivity index (χ0n) is 10.4. The number of rotatable bonds is 3. The number of phenolic OH excluding ortho intramolecular Hbond substituents is 1. The van der Waals surface area contributed by atoms with E-state index in [0.29, 0.717) is 11.8 Å². The molecule has 1 heterocycles. The van der Waals surface area contributed by atoms with Crippen LogP contribution in [-0.4, -0.2) is 10.1 Å². The molecule has 0 amide bonds. The molecular formula is C13H9ClF4N2O. The minimum absolute atomic E-state index is 0.0538. The number of alkyl halides is 3. The van der Waals surface area contributed by atoms with Gasteiger partial charge in [-0.15, -0.1) is 0 Å². The Balaban J connectivity index is 2.11. The lowest BCUT2D eigenvalue weighted by molar-refractivity contribution is -0.137. The van der Waals surface area contributed by atoms with E-state index in [1.54, 1.807) is 0 Å². The fourth-order valence-electron chi connectivity index (χ4n) is 1.57. The fourth-order valence-corrected chi connectivity index (χ4v) is 1.80. The summed E-state index contributed by atoms with van der Waals surface area (Å²) in [7, 11) is 0. The summed E-state index contributed by atoms with van der Waals surface area (Å²) >= 11 is 5.72. The number of nitrogens with one attached hydrogen (secondary N) is 1. The highest BCUT2D eigenvalue weighted by Gasteiger charge is 2.31. The second-order valence-corrected chi connectivity index (χ2v) is 4.60. The second-order valence-electron chi connectivity index (χ2n) is 4.19. The summed E-state index contributed by atoms with van der Waals surface area (Å²) in [5.74, 6) is -1.22. The van der Waals surface area contributed by atoms with Gasteiger partial charge in [-0.05, 0) is 23.8 Å². The largest absolute Gasteiger partial charge is 0.505 e. The van der Waals surface area contributed by atoms with E-state index in [4.69, 9.17) is 16.7 Å². The standard InChI is InChI=1S/C13H9ClF4N2O/c14-9-4-8(13(16,17)18)6-20-12(9)19-5-7-1-2-11(21)10(15)3-7/h1-4,6,21H,5H2,(H,19,20). The van der Waals surface area contributed by atoms with E-state index in [0.717, 1.165) is 12.1 Å². The van der Waals surface area contributed by atoms with Gasteiger partial charge < -0.3 is 10.4 Å². The van der Waals surface area contributed by atoms with E-state index in [1.807, 2.05) is 0 Å². The monoisotopic (exact) mass is 320 g/mol. The van der Waals surface area contributed by atoms with Crippen molar-refractivity contribution in [2.75, 3.05) is 5.32 Å². The summed E-state index contributed by atoms with van der Waals surface area (Å²) in [6.45, 7) is 0.0925. The Morgan fingerprint density at radius 2 is 1.95 bits per heavy atom. The van der Waals surface area contributed by atoms with Crippen LogP contribution >= 0.6 is 11.6 Å². The van der Waals surface area contributed by atoms with Gasteiger partial charge in [-0.1, -0.05) is 17.7 Å². The highest BCUT2D eigenvalue weighted by Crippen LogP contribution is 2.32. The Labute approximate surface area is 122 Å². The molecule has 112 valence electrons. The van der Waals surface area contributed by atoms with Crippen LogP contribution in [0.25, 0.3) is 0 Å². The molecule has 3 nitrogen and oxygen atoms in total. The van der Waals surface area contributed by atoms with E-state index in [9.17, 15) is 17.6 Å². The molecule has 0 aliphatic heterocycles. The second kappa shape index (κ2) is 5.77. The van der Waals surface area contributed by atoms with E-state index >= 15 is 0 Å². The summed E-state index contributed by atoms with van der Waals surface area (Å²) in [6.07, 6.45) is -3.86. The number of hydrogen-bond acceptors (Lipinski definition) is 3. The third-order valence-corrected chi connectivity index (χ3v) is 2.93. The van der Waals surface area contributed by atoms with Crippen LogP contribution in [0.15, 0.2) is 30.5 Å². The van der Waals surface area contributed by atoms with Gasteiger partial charge in [0, 0.05) is 12.7 Å². The van der Waals surface area contributed by atoms with Crippen molar-refractivity contribution < 1.29 is 22.7 Å². The highest BCUT2D eigenvalue weighted by molar-refractivity contribution is 6.32. The lowest BCUT2D eigenvalue weighted by Gasteiger charge is -2.11. The maximum absolute atomic E-state index is 13.1. The SMILES string of the molecule is Oc1ccc(CNc2ncc(C(F)(F)F)cc2Cl)cc1F. The molecule has 8 heteroatoms. The van der Waals surface area contributed by atoms with Gasteiger partial charge in [0.05, 0.1) is 10.6 Å². The number of hydrogen-bond donors (Lipinski definition) is 2. The van der Waals surface area contributed by atoms with Crippen molar-refractivity contribution >= 4 is 17.4 Å². The molecule has 0 bridgehead atoms. The van der Waals surface area contributed by atoms with Crippen molar-refractivity contribution in [1.82, 2.24) is 4.98 Å². The summed E-state index contributed by atoms with van der Waals surface area (Å²) in [5, 5.41) is 11.5. The van der Waals surface area contributed by atoms with Gasteiger partial charge in [0.15, 0.2) is 11.6 Å². The average molecular weight is 321 g/mol.